The van der Waals surface area contributed by atoms with Crippen molar-refractivity contribution >= 4 is 10.0 Å². The molecule has 2 fully saturated rings. The summed E-state index contributed by atoms with van der Waals surface area (Å²) in [5.74, 6) is 0. The van der Waals surface area contributed by atoms with Crippen LogP contribution >= 0.6 is 0 Å². The Labute approximate surface area is 103 Å². The third-order valence-electron chi connectivity index (χ3n) is 3.74. The Morgan fingerprint density at radius 2 is 1.71 bits per heavy atom. The van der Waals surface area contributed by atoms with Crippen molar-refractivity contribution in [3.8, 4) is 0 Å². The van der Waals surface area contributed by atoms with Crippen molar-refractivity contribution in [3.05, 3.63) is 0 Å². The van der Waals surface area contributed by atoms with Crippen LogP contribution in [0.5, 0.6) is 0 Å². The van der Waals surface area contributed by atoms with Gasteiger partial charge in [-0.2, -0.15) is 0 Å². The molecule has 0 spiro atoms. The number of sulfonamides is 1. The molecule has 5 nitrogen and oxygen atoms in total. The van der Waals surface area contributed by atoms with Gasteiger partial charge in [-0.3, -0.25) is 0 Å². The zero-order valence-corrected chi connectivity index (χ0v) is 10.9. The summed E-state index contributed by atoms with van der Waals surface area (Å²) in [6.07, 6.45) is 5.14. The maximum atomic E-state index is 12.2. The van der Waals surface area contributed by atoms with E-state index in [0.717, 1.165) is 25.7 Å². The van der Waals surface area contributed by atoms with E-state index in [-0.39, 0.29) is 17.3 Å². The average Bonchev–Trinajstić information content (AvgIpc) is 2.33. The summed E-state index contributed by atoms with van der Waals surface area (Å²) in [7, 11) is -3.23. The number of nitrogens with two attached hydrogens (primary N) is 1. The van der Waals surface area contributed by atoms with Gasteiger partial charge in [-0.25, -0.2) is 13.1 Å². The van der Waals surface area contributed by atoms with Gasteiger partial charge in [-0.15, -0.1) is 0 Å². The lowest BCUT2D eigenvalue weighted by Gasteiger charge is -2.31. The number of nitrogens with one attached hydrogen (secondary N) is 1. The van der Waals surface area contributed by atoms with Gasteiger partial charge >= 0.3 is 0 Å². The van der Waals surface area contributed by atoms with Gasteiger partial charge in [0.2, 0.25) is 10.0 Å². The molecule has 6 heteroatoms. The third kappa shape index (κ3) is 3.40. The number of rotatable bonds is 3. The minimum absolute atomic E-state index is 0.0293. The lowest BCUT2D eigenvalue weighted by atomic mass is 9.92. The predicted molar refractivity (Wildman–Crippen MR) is 66.1 cm³/mol. The monoisotopic (exact) mass is 262 g/mol. The van der Waals surface area contributed by atoms with Crippen LogP contribution in [0.3, 0.4) is 0 Å². The molecular weight excluding hydrogens is 240 g/mol. The molecule has 2 rings (SSSR count). The molecule has 2 atom stereocenters. The van der Waals surface area contributed by atoms with E-state index in [1.54, 1.807) is 0 Å². The van der Waals surface area contributed by atoms with Gasteiger partial charge in [0.25, 0.3) is 0 Å². The van der Waals surface area contributed by atoms with Gasteiger partial charge in [0.15, 0.2) is 0 Å². The fourth-order valence-electron chi connectivity index (χ4n) is 2.60. The quantitative estimate of drug-likeness (QED) is 0.769. The fourth-order valence-corrected chi connectivity index (χ4v) is 4.32. The molecule has 1 saturated heterocycles. The minimum atomic E-state index is -3.23. The average molecular weight is 262 g/mol. The highest BCUT2D eigenvalue weighted by Gasteiger charge is 2.32. The van der Waals surface area contributed by atoms with Crippen LogP contribution in [0, 0.1) is 0 Å². The minimum Gasteiger partial charge on any atom is -0.381 e. The maximum absolute atomic E-state index is 12.2. The molecule has 1 saturated carbocycles. The normalized spacial score (nSPS) is 32.5. The van der Waals surface area contributed by atoms with Gasteiger partial charge in [-0.1, -0.05) is 12.8 Å². The van der Waals surface area contributed by atoms with E-state index < -0.39 is 10.0 Å². The van der Waals surface area contributed by atoms with E-state index in [2.05, 4.69) is 4.72 Å². The van der Waals surface area contributed by atoms with Crippen LogP contribution in [0.25, 0.3) is 0 Å². The van der Waals surface area contributed by atoms with Gasteiger partial charge in [0.1, 0.15) is 0 Å². The molecule has 0 amide bonds. The van der Waals surface area contributed by atoms with Crippen LogP contribution in [0.4, 0.5) is 0 Å². The van der Waals surface area contributed by atoms with Crippen molar-refractivity contribution in [1.29, 1.82) is 0 Å². The molecule has 0 bridgehead atoms. The largest absolute Gasteiger partial charge is 0.381 e. The van der Waals surface area contributed by atoms with Crippen LogP contribution in [0.15, 0.2) is 0 Å². The molecule has 0 aromatic carbocycles. The molecule has 0 aromatic rings. The highest BCUT2D eigenvalue weighted by molar-refractivity contribution is 7.90. The fraction of sp³-hybridized carbons (Fsp3) is 1.00. The first-order valence-electron chi connectivity index (χ1n) is 6.44. The van der Waals surface area contributed by atoms with Crippen molar-refractivity contribution in [2.75, 3.05) is 13.2 Å². The summed E-state index contributed by atoms with van der Waals surface area (Å²) in [6, 6.07) is -0.102. The zero-order chi connectivity index (χ0) is 12.3. The summed E-state index contributed by atoms with van der Waals surface area (Å²) < 4.78 is 32.3. The smallest absolute Gasteiger partial charge is 0.214 e. The van der Waals surface area contributed by atoms with E-state index in [9.17, 15) is 8.42 Å². The first-order valence-corrected chi connectivity index (χ1v) is 7.99. The molecule has 17 heavy (non-hydrogen) atoms. The summed E-state index contributed by atoms with van der Waals surface area (Å²) >= 11 is 0. The Bertz CT molecular complexity index is 339. The van der Waals surface area contributed by atoms with Crippen LogP contribution in [-0.4, -0.2) is 39.0 Å². The van der Waals surface area contributed by atoms with E-state index in [0.29, 0.717) is 26.1 Å². The summed E-state index contributed by atoms with van der Waals surface area (Å²) in [4.78, 5) is 0. The van der Waals surface area contributed by atoms with E-state index in [1.807, 2.05) is 0 Å². The molecule has 2 aliphatic rings. The topological polar surface area (TPSA) is 81.4 Å². The van der Waals surface area contributed by atoms with Crippen molar-refractivity contribution in [2.24, 2.45) is 5.73 Å². The SMILES string of the molecule is NC1CCCCC1NS(=O)(=O)C1CCOCC1. The van der Waals surface area contributed by atoms with E-state index in [4.69, 9.17) is 10.5 Å². The van der Waals surface area contributed by atoms with Crippen molar-refractivity contribution in [1.82, 2.24) is 4.72 Å². The van der Waals surface area contributed by atoms with Crippen LogP contribution in [0.2, 0.25) is 0 Å². The Morgan fingerprint density at radius 1 is 1.06 bits per heavy atom. The molecule has 2 unspecified atom stereocenters. The van der Waals surface area contributed by atoms with Crippen LogP contribution < -0.4 is 10.5 Å². The summed E-state index contributed by atoms with van der Waals surface area (Å²) in [6.45, 7) is 1.09. The standard InChI is InChI=1S/C11H22N2O3S/c12-10-3-1-2-4-11(10)13-17(14,15)9-5-7-16-8-6-9/h9-11,13H,1-8,12H2. The highest BCUT2D eigenvalue weighted by Crippen LogP contribution is 2.20. The molecule has 1 aliphatic heterocycles. The molecule has 100 valence electrons. The Morgan fingerprint density at radius 3 is 2.35 bits per heavy atom. The Balaban J connectivity index is 1.95. The van der Waals surface area contributed by atoms with E-state index in [1.165, 1.54) is 0 Å². The second-order valence-corrected chi connectivity index (χ2v) is 7.02. The van der Waals surface area contributed by atoms with Gasteiger partial charge in [0.05, 0.1) is 5.25 Å². The van der Waals surface area contributed by atoms with Crippen molar-refractivity contribution < 1.29 is 13.2 Å². The maximum Gasteiger partial charge on any atom is 0.214 e. The van der Waals surface area contributed by atoms with Crippen LogP contribution in [-0.2, 0) is 14.8 Å². The van der Waals surface area contributed by atoms with Crippen molar-refractivity contribution in [2.45, 2.75) is 55.9 Å². The lowest BCUT2D eigenvalue weighted by Crippen LogP contribution is -2.52. The number of ether oxygens (including phenoxy) is 1. The molecule has 0 radical (unpaired) electrons. The summed E-state index contributed by atoms with van der Waals surface area (Å²) in [5.41, 5.74) is 5.96. The summed E-state index contributed by atoms with van der Waals surface area (Å²) in [5, 5.41) is -0.301. The van der Waals surface area contributed by atoms with Gasteiger partial charge in [-0.05, 0) is 25.7 Å². The van der Waals surface area contributed by atoms with Crippen LogP contribution in [0.1, 0.15) is 38.5 Å². The number of hydrogen-bond acceptors (Lipinski definition) is 4. The highest BCUT2D eigenvalue weighted by atomic mass is 32.2. The first-order chi connectivity index (χ1) is 8.09. The predicted octanol–water partition coefficient (Wildman–Crippen LogP) is 0.355. The molecular formula is C11H22N2O3S. The second kappa shape index (κ2) is 5.65. The Kier molecular flexibility index (Phi) is 4.41. The number of hydrogen-bond donors (Lipinski definition) is 2. The molecule has 1 aliphatic carbocycles. The van der Waals surface area contributed by atoms with E-state index >= 15 is 0 Å². The zero-order valence-electron chi connectivity index (χ0n) is 10.1. The molecule has 1 heterocycles. The first kappa shape index (κ1) is 13.3. The molecule has 0 aromatic heterocycles. The van der Waals surface area contributed by atoms with Crippen molar-refractivity contribution in [3.63, 3.8) is 0 Å². The third-order valence-corrected chi connectivity index (χ3v) is 5.72. The van der Waals surface area contributed by atoms with Gasteiger partial charge in [0, 0.05) is 25.3 Å². The Hall–Kier alpha value is -0.170. The second-order valence-electron chi connectivity index (χ2n) is 5.03. The molecule has 3 N–H and O–H groups in total. The lowest BCUT2D eigenvalue weighted by molar-refractivity contribution is 0.0980. The van der Waals surface area contributed by atoms with Gasteiger partial charge < -0.3 is 10.5 Å².